The third-order valence-corrected chi connectivity index (χ3v) is 3.21. The highest BCUT2D eigenvalue weighted by molar-refractivity contribution is 5.95. The number of anilines is 2. The molecule has 5 nitrogen and oxygen atoms in total. The predicted molar refractivity (Wildman–Crippen MR) is 87.4 cm³/mol. The van der Waals surface area contributed by atoms with Crippen molar-refractivity contribution in [1.82, 2.24) is 0 Å². The molecule has 0 radical (unpaired) electrons. The number of methoxy groups -OCH3 is 1. The Morgan fingerprint density at radius 2 is 2.00 bits per heavy atom. The molecule has 0 unspecified atom stereocenters. The van der Waals surface area contributed by atoms with E-state index in [2.05, 4.69) is 12.2 Å². The van der Waals surface area contributed by atoms with Crippen molar-refractivity contribution >= 4 is 17.3 Å². The van der Waals surface area contributed by atoms with Gasteiger partial charge in [0.2, 0.25) is 0 Å². The molecular formula is C17H20N2O3. The number of carbonyl (C=O) groups is 1. The standard InChI is InChI=1S/C17H20N2O3/c1-3-12-5-4-6-14(9-12)22-11-17(20)19-16-8-7-13(21-2)10-15(16)18/h4-10H,3,11,18H2,1-2H3,(H,19,20). The summed E-state index contributed by atoms with van der Waals surface area (Å²) >= 11 is 0. The summed E-state index contributed by atoms with van der Waals surface area (Å²) in [7, 11) is 1.56. The van der Waals surface area contributed by atoms with Gasteiger partial charge in [-0.1, -0.05) is 19.1 Å². The fourth-order valence-corrected chi connectivity index (χ4v) is 1.97. The van der Waals surface area contributed by atoms with E-state index in [0.29, 0.717) is 22.9 Å². The lowest BCUT2D eigenvalue weighted by Crippen LogP contribution is -2.20. The van der Waals surface area contributed by atoms with Crippen LogP contribution in [0.1, 0.15) is 12.5 Å². The van der Waals surface area contributed by atoms with E-state index < -0.39 is 0 Å². The van der Waals surface area contributed by atoms with Crippen molar-refractivity contribution in [3.05, 3.63) is 48.0 Å². The van der Waals surface area contributed by atoms with Crippen LogP contribution in [0.15, 0.2) is 42.5 Å². The van der Waals surface area contributed by atoms with Gasteiger partial charge in [0, 0.05) is 6.07 Å². The number of ether oxygens (including phenoxy) is 2. The first-order chi connectivity index (χ1) is 10.6. The van der Waals surface area contributed by atoms with E-state index in [0.717, 1.165) is 12.0 Å². The molecule has 0 fully saturated rings. The first-order valence-electron chi connectivity index (χ1n) is 7.07. The molecule has 1 amide bonds. The van der Waals surface area contributed by atoms with Crippen LogP contribution in [0.25, 0.3) is 0 Å². The van der Waals surface area contributed by atoms with Crippen molar-refractivity contribution < 1.29 is 14.3 Å². The lowest BCUT2D eigenvalue weighted by molar-refractivity contribution is -0.118. The Hall–Kier alpha value is -2.69. The number of rotatable bonds is 6. The van der Waals surface area contributed by atoms with Crippen LogP contribution in [-0.4, -0.2) is 19.6 Å². The monoisotopic (exact) mass is 300 g/mol. The van der Waals surface area contributed by atoms with Crippen molar-refractivity contribution in [3.8, 4) is 11.5 Å². The summed E-state index contributed by atoms with van der Waals surface area (Å²) in [5.74, 6) is 1.05. The van der Waals surface area contributed by atoms with Gasteiger partial charge in [-0.15, -0.1) is 0 Å². The van der Waals surface area contributed by atoms with Gasteiger partial charge in [-0.3, -0.25) is 4.79 Å². The second-order valence-corrected chi connectivity index (χ2v) is 4.79. The Labute approximate surface area is 130 Å². The quantitative estimate of drug-likeness (QED) is 0.805. The van der Waals surface area contributed by atoms with E-state index >= 15 is 0 Å². The van der Waals surface area contributed by atoms with E-state index in [1.807, 2.05) is 24.3 Å². The molecule has 0 atom stereocenters. The summed E-state index contributed by atoms with van der Waals surface area (Å²) in [6.45, 7) is 2.00. The van der Waals surface area contributed by atoms with Crippen LogP contribution in [0.4, 0.5) is 11.4 Å². The Bertz CT molecular complexity index is 656. The van der Waals surface area contributed by atoms with Crippen molar-refractivity contribution in [3.63, 3.8) is 0 Å². The maximum Gasteiger partial charge on any atom is 0.262 e. The van der Waals surface area contributed by atoms with Gasteiger partial charge in [0.05, 0.1) is 18.5 Å². The van der Waals surface area contributed by atoms with Gasteiger partial charge in [-0.2, -0.15) is 0 Å². The van der Waals surface area contributed by atoms with Crippen LogP contribution >= 0.6 is 0 Å². The van der Waals surface area contributed by atoms with Gasteiger partial charge >= 0.3 is 0 Å². The minimum Gasteiger partial charge on any atom is -0.497 e. The Balaban J connectivity index is 1.92. The van der Waals surface area contributed by atoms with E-state index in [1.165, 1.54) is 0 Å². The molecule has 0 aliphatic carbocycles. The van der Waals surface area contributed by atoms with Crippen LogP contribution in [-0.2, 0) is 11.2 Å². The summed E-state index contributed by atoms with van der Waals surface area (Å²) in [5.41, 5.74) is 8.00. The minimum absolute atomic E-state index is 0.0708. The van der Waals surface area contributed by atoms with E-state index in [-0.39, 0.29) is 12.5 Å². The largest absolute Gasteiger partial charge is 0.497 e. The molecule has 2 aromatic rings. The molecule has 2 rings (SSSR count). The molecule has 0 heterocycles. The molecule has 0 aliphatic rings. The molecular weight excluding hydrogens is 280 g/mol. The Morgan fingerprint density at radius 1 is 1.18 bits per heavy atom. The molecule has 116 valence electrons. The normalized spacial score (nSPS) is 10.1. The molecule has 0 aromatic heterocycles. The number of carbonyl (C=O) groups excluding carboxylic acids is 1. The predicted octanol–water partition coefficient (Wildman–Crippen LogP) is 2.86. The van der Waals surface area contributed by atoms with Crippen molar-refractivity contribution in [2.45, 2.75) is 13.3 Å². The van der Waals surface area contributed by atoms with Gasteiger partial charge in [0.15, 0.2) is 6.61 Å². The zero-order valence-electron chi connectivity index (χ0n) is 12.8. The average Bonchev–Trinajstić information content (AvgIpc) is 2.55. The second-order valence-electron chi connectivity index (χ2n) is 4.79. The zero-order chi connectivity index (χ0) is 15.9. The molecule has 0 bridgehead atoms. The average molecular weight is 300 g/mol. The number of amides is 1. The zero-order valence-corrected chi connectivity index (χ0v) is 12.8. The second kappa shape index (κ2) is 7.36. The molecule has 3 N–H and O–H groups in total. The highest BCUT2D eigenvalue weighted by atomic mass is 16.5. The van der Waals surface area contributed by atoms with Gasteiger partial charge in [-0.25, -0.2) is 0 Å². The first kappa shape index (κ1) is 15.7. The maximum atomic E-state index is 11.9. The highest BCUT2D eigenvalue weighted by Crippen LogP contribution is 2.24. The van der Waals surface area contributed by atoms with Gasteiger partial charge in [0.1, 0.15) is 11.5 Å². The number of nitrogens with two attached hydrogens (primary N) is 1. The van der Waals surface area contributed by atoms with Crippen LogP contribution in [0.3, 0.4) is 0 Å². The van der Waals surface area contributed by atoms with Crippen molar-refractivity contribution in [2.75, 3.05) is 24.8 Å². The van der Waals surface area contributed by atoms with E-state index in [4.69, 9.17) is 15.2 Å². The number of benzene rings is 2. The fraction of sp³-hybridized carbons (Fsp3) is 0.235. The summed E-state index contributed by atoms with van der Waals surface area (Å²) in [6.07, 6.45) is 0.922. The van der Waals surface area contributed by atoms with Crippen molar-refractivity contribution in [1.29, 1.82) is 0 Å². The Kier molecular flexibility index (Phi) is 5.25. The molecule has 5 heteroatoms. The molecule has 0 saturated carbocycles. The summed E-state index contributed by atoms with van der Waals surface area (Å²) in [5, 5.41) is 2.72. The SMILES string of the molecule is CCc1cccc(OCC(=O)Nc2ccc(OC)cc2N)c1. The molecule has 0 aliphatic heterocycles. The van der Waals surface area contributed by atoms with Crippen molar-refractivity contribution in [2.24, 2.45) is 0 Å². The number of hydrogen-bond donors (Lipinski definition) is 2. The van der Waals surface area contributed by atoms with Gasteiger partial charge in [0.25, 0.3) is 5.91 Å². The molecule has 0 spiro atoms. The molecule has 2 aromatic carbocycles. The summed E-state index contributed by atoms with van der Waals surface area (Å²) < 4.78 is 10.6. The van der Waals surface area contributed by atoms with Gasteiger partial charge in [-0.05, 0) is 36.2 Å². The number of hydrogen-bond acceptors (Lipinski definition) is 4. The van der Waals surface area contributed by atoms with E-state index in [9.17, 15) is 4.79 Å². The summed E-state index contributed by atoms with van der Waals surface area (Å²) in [6, 6.07) is 12.8. The lowest BCUT2D eigenvalue weighted by Gasteiger charge is -2.11. The number of aryl methyl sites for hydroxylation is 1. The van der Waals surface area contributed by atoms with Crippen LogP contribution in [0.2, 0.25) is 0 Å². The summed E-state index contributed by atoms with van der Waals surface area (Å²) in [4.78, 5) is 11.9. The third kappa shape index (κ3) is 4.15. The third-order valence-electron chi connectivity index (χ3n) is 3.21. The van der Waals surface area contributed by atoms with Gasteiger partial charge < -0.3 is 20.5 Å². The fourth-order valence-electron chi connectivity index (χ4n) is 1.97. The number of nitrogens with one attached hydrogen (secondary N) is 1. The molecule has 22 heavy (non-hydrogen) atoms. The van der Waals surface area contributed by atoms with Crippen LogP contribution in [0, 0.1) is 0 Å². The van der Waals surface area contributed by atoms with Crippen LogP contribution < -0.4 is 20.5 Å². The molecule has 0 saturated heterocycles. The Morgan fingerprint density at radius 3 is 2.68 bits per heavy atom. The van der Waals surface area contributed by atoms with E-state index in [1.54, 1.807) is 25.3 Å². The lowest BCUT2D eigenvalue weighted by atomic mass is 10.2. The minimum atomic E-state index is -0.265. The number of nitrogen functional groups attached to an aromatic ring is 1. The topological polar surface area (TPSA) is 73.6 Å². The highest BCUT2D eigenvalue weighted by Gasteiger charge is 2.07. The van der Waals surface area contributed by atoms with Crippen LogP contribution in [0.5, 0.6) is 11.5 Å². The maximum absolute atomic E-state index is 11.9. The smallest absolute Gasteiger partial charge is 0.262 e. The first-order valence-corrected chi connectivity index (χ1v) is 7.07.